The van der Waals surface area contributed by atoms with Gasteiger partial charge in [-0.2, -0.15) is 0 Å². The predicted molar refractivity (Wildman–Crippen MR) is 49.2 cm³/mol. The van der Waals surface area contributed by atoms with E-state index < -0.39 is 0 Å². The molecule has 0 saturated carbocycles. The first-order valence-electron chi connectivity index (χ1n) is 3.71. The normalized spacial score (nSPS) is 27.2. The molecule has 2 aliphatic heterocycles. The van der Waals surface area contributed by atoms with Crippen LogP contribution < -0.4 is 5.32 Å². The monoisotopic (exact) mass is 187 g/mol. The van der Waals surface area contributed by atoms with Crippen molar-refractivity contribution in [3.8, 4) is 0 Å². The van der Waals surface area contributed by atoms with Gasteiger partial charge in [0, 0.05) is 12.3 Å². The van der Waals surface area contributed by atoms with Gasteiger partial charge < -0.3 is 5.32 Å². The van der Waals surface area contributed by atoms with Crippen molar-refractivity contribution in [2.24, 2.45) is 15.9 Å². The third kappa shape index (κ3) is 1.54. The van der Waals surface area contributed by atoms with Crippen LogP contribution in [0.25, 0.3) is 0 Å². The van der Waals surface area contributed by atoms with E-state index in [2.05, 4.69) is 15.3 Å². The van der Waals surface area contributed by atoms with Gasteiger partial charge in [-0.1, -0.05) is 0 Å². The zero-order valence-corrected chi connectivity index (χ0v) is 7.30. The molecule has 1 amide bonds. The van der Waals surface area contributed by atoms with Gasteiger partial charge in [-0.3, -0.25) is 4.79 Å². The van der Waals surface area contributed by atoms with E-state index in [0.29, 0.717) is 0 Å². The highest BCUT2D eigenvalue weighted by Crippen LogP contribution is 2.13. The first kappa shape index (κ1) is 9.35. The van der Waals surface area contributed by atoms with Crippen LogP contribution in [0, 0.1) is 5.92 Å². The number of amides is 1. The Morgan fingerprint density at radius 2 is 2.42 bits per heavy atom. The van der Waals surface area contributed by atoms with Crippen LogP contribution in [-0.2, 0) is 4.79 Å². The number of halogens is 1. The highest BCUT2D eigenvalue weighted by atomic mass is 35.5. The number of nitrogens with one attached hydrogen (secondary N) is 1. The van der Waals surface area contributed by atoms with E-state index in [1.807, 2.05) is 0 Å². The lowest BCUT2D eigenvalue weighted by Gasteiger charge is -2.23. The number of carbonyl (C=O) groups is 1. The lowest BCUT2D eigenvalue weighted by molar-refractivity contribution is -0.120. The molecule has 0 bridgehead atoms. The molecule has 0 aromatic heterocycles. The fourth-order valence-electron chi connectivity index (χ4n) is 1.40. The van der Waals surface area contributed by atoms with Crippen molar-refractivity contribution >= 4 is 30.4 Å². The molecule has 2 heterocycles. The van der Waals surface area contributed by atoms with Gasteiger partial charge >= 0.3 is 0 Å². The molecule has 1 fully saturated rings. The van der Waals surface area contributed by atoms with Gasteiger partial charge in [-0.15, -0.1) is 12.4 Å². The average molecular weight is 188 g/mol. The summed E-state index contributed by atoms with van der Waals surface area (Å²) in [7, 11) is 0. The van der Waals surface area contributed by atoms with Gasteiger partial charge in [0.05, 0.1) is 5.92 Å². The largest absolute Gasteiger partial charge is 0.311 e. The van der Waals surface area contributed by atoms with Crippen molar-refractivity contribution in [2.45, 2.75) is 6.42 Å². The maximum Gasteiger partial charge on any atom is 0.256 e. The number of fused-ring (bicyclic) bond motifs is 1. The molecule has 5 heteroatoms. The minimum absolute atomic E-state index is 0. The summed E-state index contributed by atoms with van der Waals surface area (Å²) in [6.07, 6.45) is 2.19. The number of hydrogen-bond donors (Lipinski definition) is 1. The van der Waals surface area contributed by atoms with E-state index in [4.69, 9.17) is 0 Å². The number of hydrogen-bond acceptors (Lipinski definition) is 3. The number of piperidine rings is 1. The summed E-state index contributed by atoms with van der Waals surface area (Å²) in [5, 5.41) is 3.16. The Kier molecular flexibility index (Phi) is 2.94. The van der Waals surface area contributed by atoms with E-state index in [1.165, 1.54) is 6.34 Å². The van der Waals surface area contributed by atoms with E-state index in [0.717, 1.165) is 25.2 Å². The van der Waals surface area contributed by atoms with Crippen LogP contribution >= 0.6 is 12.4 Å². The fraction of sp³-hybridized carbons (Fsp3) is 0.571. The first-order chi connectivity index (χ1) is 5.38. The highest BCUT2D eigenvalue weighted by Gasteiger charge is 2.27. The molecule has 1 saturated heterocycles. The molecule has 0 spiro atoms. The Balaban J connectivity index is 0.000000720. The minimum atomic E-state index is -0.0310. The maximum absolute atomic E-state index is 11.1. The predicted octanol–water partition coefficient (Wildman–Crippen LogP) is 0.0272. The molecule has 1 N–H and O–H groups in total. The van der Waals surface area contributed by atoms with Crippen LogP contribution in [0.5, 0.6) is 0 Å². The molecule has 12 heavy (non-hydrogen) atoms. The Morgan fingerprint density at radius 3 is 3.17 bits per heavy atom. The van der Waals surface area contributed by atoms with Crippen LogP contribution in [0.15, 0.2) is 9.98 Å². The summed E-state index contributed by atoms with van der Waals surface area (Å²) in [5.74, 6) is -0.0576. The van der Waals surface area contributed by atoms with Gasteiger partial charge in [-0.25, -0.2) is 9.98 Å². The molecule has 0 aromatic rings. The van der Waals surface area contributed by atoms with Crippen molar-refractivity contribution in [3.05, 3.63) is 0 Å². The van der Waals surface area contributed by atoms with Gasteiger partial charge in [0.25, 0.3) is 5.91 Å². The number of rotatable bonds is 0. The third-order valence-electron chi connectivity index (χ3n) is 2.02. The molecule has 2 aliphatic rings. The number of carbonyl (C=O) groups excluding carboxylic acids is 1. The molecular formula is C7H10ClN3O. The standard InChI is InChI=1S/C7H9N3O.ClH/c11-7-5-1-2-8-3-6(5)9-4-10-7;/h4-5,8H,1-3H2;1H. The summed E-state index contributed by atoms with van der Waals surface area (Å²) in [6, 6.07) is 0. The zero-order valence-electron chi connectivity index (χ0n) is 6.49. The number of nitrogens with zero attached hydrogens (tertiary/aromatic N) is 2. The molecule has 2 rings (SSSR count). The van der Waals surface area contributed by atoms with Crippen molar-refractivity contribution in [1.29, 1.82) is 0 Å². The summed E-state index contributed by atoms with van der Waals surface area (Å²) in [5.41, 5.74) is 0.941. The zero-order chi connectivity index (χ0) is 7.68. The van der Waals surface area contributed by atoms with E-state index in [9.17, 15) is 4.79 Å². The summed E-state index contributed by atoms with van der Waals surface area (Å²) in [4.78, 5) is 18.8. The van der Waals surface area contributed by atoms with E-state index >= 15 is 0 Å². The Bertz CT molecular complexity index is 249. The second-order valence-corrected chi connectivity index (χ2v) is 2.72. The molecule has 1 unspecified atom stereocenters. The van der Waals surface area contributed by atoms with Crippen molar-refractivity contribution in [3.63, 3.8) is 0 Å². The molecule has 0 aromatic carbocycles. The molecule has 0 radical (unpaired) electrons. The molecule has 1 atom stereocenters. The Morgan fingerprint density at radius 1 is 1.58 bits per heavy atom. The van der Waals surface area contributed by atoms with Crippen LogP contribution in [-0.4, -0.2) is 31.0 Å². The van der Waals surface area contributed by atoms with Crippen molar-refractivity contribution < 1.29 is 4.79 Å². The SMILES string of the molecule is Cl.O=C1N=CN=C2CNCCC12. The summed E-state index contributed by atoms with van der Waals surface area (Å²) < 4.78 is 0. The minimum Gasteiger partial charge on any atom is -0.311 e. The fourth-order valence-corrected chi connectivity index (χ4v) is 1.40. The summed E-state index contributed by atoms with van der Waals surface area (Å²) in [6.45, 7) is 1.63. The van der Waals surface area contributed by atoms with E-state index in [-0.39, 0.29) is 24.2 Å². The quantitative estimate of drug-likeness (QED) is 0.582. The van der Waals surface area contributed by atoms with Crippen molar-refractivity contribution in [1.82, 2.24) is 5.32 Å². The third-order valence-corrected chi connectivity index (χ3v) is 2.02. The highest BCUT2D eigenvalue weighted by molar-refractivity contribution is 6.12. The Labute approximate surface area is 76.6 Å². The van der Waals surface area contributed by atoms with Crippen LogP contribution in [0.3, 0.4) is 0 Å². The lowest BCUT2D eigenvalue weighted by Crippen LogP contribution is -2.41. The van der Waals surface area contributed by atoms with Crippen molar-refractivity contribution in [2.75, 3.05) is 13.1 Å². The molecule has 0 aliphatic carbocycles. The second kappa shape index (κ2) is 3.78. The Hall–Kier alpha value is -0.740. The van der Waals surface area contributed by atoms with Crippen LogP contribution in [0.1, 0.15) is 6.42 Å². The van der Waals surface area contributed by atoms with Crippen LogP contribution in [0.4, 0.5) is 0 Å². The van der Waals surface area contributed by atoms with Gasteiger partial charge in [0.2, 0.25) is 0 Å². The summed E-state index contributed by atoms with van der Waals surface area (Å²) >= 11 is 0. The maximum atomic E-state index is 11.1. The van der Waals surface area contributed by atoms with E-state index in [1.54, 1.807) is 0 Å². The van der Waals surface area contributed by atoms with Gasteiger partial charge in [0.1, 0.15) is 6.34 Å². The molecular weight excluding hydrogens is 178 g/mol. The van der Waals surface area contributed by atoms with Gasteiger partial charge in [-0.05, 0) is 13.0 Å². The topological polar surface area (TPSA) is 53.8 Å². The molecule has 4 nitrogen and oxygen atoms in total. The first-order valence-corrected chi connectivity index (χ1v) is 3.71. The van der Waals surface area contributed by atoms with Gasteiger partial charge in [0.15, 0.2) is 0 Å². The average Bonchev–Trinajstić information content (AvgIpc) is 2.06. The smallest absolute Gasteiger partial charge is 0.256 e. The van der Waals surface area contributed by atoms with Crippen LogP contribution in [0.2, 0.25) is 0 Å². The second-order valence-electron chi connectivity index (χ2n) is 2.72. The number of aliphatic imine (C=N–C) groups is 2. The molecule has 66 valence electrons. The lowest BCUT2D eigenvalue weighted by atomic mass is 9.94.